The zero-order chi connectivity index (χ0) is 12.4. The van der Waals surface area contributed by atoms with Crippen LogP contribution in [0.1, 0.15) is 12.0 Å². The molecule has 0 aliphatic carbocycles. The van der Waals surface area contributed by atoms with E-state index in [1.807, 2.05) is 0 Å². The summed E-state index contributed by atoms with van der Waals surface area (Å²) in [5.41, 5.74) is -0.138. The van der Waals surface area contributed by atoms with Crippen molar-refractivity contribution in [3.05, 3.63) is 45.5 Å². The molecule has 0 atom stereocenters. The zero-order valence-corrected chi connectivity index (χ0v) is 8.87. The molecule has 0 amide bonds. The van der Waals surface area contributed by atoms with Gasteiger partial charge in [0.05, 0.1) is 10.5 Å². The highest BCUT2D eigenvalue weighted by Crippen LogP contribution is 2.32. The fourth-order valence-corrected chi connectivity index (χ4v) is 1.85. The van der Waals surface area contributed by atoms with Crippen LogP contribution in [-0.4, -0.2) is 18.0 Å². The molecule has 6 heteroatoms. The van der Waals surface area contributed by atoms with E-state index in [1.54, 1.807) is 6.08 Å². The van der Waals surface area contributed by atoms with Crippen molar-refractivity contribution in [1.29, 1.82) is 0 Å². The van der Waals surface area contributed by atoms with Gasteiger partial charge in [0.25, 0.3) is 5.69 Å². The summed E-state index contributed by atoms with van der Waals surface area (Å²) in [5, 5.41) is 13.8. The first-order valence-corrected chi connectivity index (χ1v) is 5.13. The Hall–Kier alpha value is -1.82. The van der Waals surface area contributed by atoms with Crippen molar-refractivity contribution < 1.29 is 13.7 Å². The molecule has 1 aliphatic heterocycles. The summed E-state index contributed by atoms with van der Waals surface area (Å²) in [4.78, 5) is 10.1. The van der Waals surface area contributed by atoms with Crippen LogP contribution in [0.5, 0.6) is 0 Å². The molecule has 1 aromatic carbocycles. The first kappa shape index (κ1) is 11.7. The lowest BCUT2D eigenvalue weighted by molar-refractivity contribution is -0.385. The highest BCUT2D eigenvalue weighted by atomic mass is 19.2. The Morgan fingerprint density at radius 2 is 2.12 bits per heavy atom. The molecule has 2 rings (SSSR count). The van der Waals surface area contributed by atoms with Gasteiger partial charge in [0, 0.05) is 12.6 Å². The lowest BCUT2D eigenvalue weighted by Crippen LogP contribution is -2.20. The van der Waals surface area contributed by atoms with Crippen molar-refractivity contribution in [3.8, 4) is 0 Å². The molecule has 90 valence electrons. The van der Waals surface area contributed by atoms with E-state index >= 15 is 0 Å². The summed E-state index contributed by atoms with van der Waals surface area (Å²) in [6.45, 7) is 1.10. The molecular weight excluding hydrogens is 230 g/mol. The number of nitrogens with zero attached hydrogens (tertiary/aromatic N) is 1. The van der Waals surface area contributed by atoms with Gasteiger partial charge in [-0.25, -0.2) is 8.78 Å². The third kappa shape index (κ3) is 2.16. The van der Waals surface area contributed by atoms with Crippen LogP contribution in [0.4, 0.5) is 14.5 Å². The average molecular weight is 240 g/mol. The maximum atomic E-state index is 13.7. The first-order chi connectivity index (χ1) is 8.11. The Morgan fingerprint density at radius 3 is 2.71 bits per heavy atom. The Morgan fingerprint density at radius 1 is 1.35 bits per heavy atom. The number of hydrogen-bond acceptors (Lipinski definition) is 3. The number of nitro groups is 1. The highest BCUT2D eigenvalue weighted by Gasteiger charge is 2.24. The number of nitro benzene ring substituents is 1. The van der Waals surface area contributed by atoms with Crippen LogP contribution in [0, 0.1) is 21.7 Å². The van der Waals surface area contributed by atoms with Gasteiger partial charge in [-0.3, -0.25) is 10.1 Å². The van der Waals surface area contributed by atoms with E-state index in [4.69, 9.17) is 0 Å². The first-order valence-electron chi connectivity index (χ1n) is 5.13. The second-order valence-corrected chi connectivity index (χ2v) is 3.70. The molecule has 0 fully saturated rings. The minimum absolute atomic E-state index is 0.225. The van der Waals surface area contributed by atoms with Crippen LogP contribution in [0.2, 0.25) is 0 Å². The number of nitrogens with one attached hydrogen (secondary N) is 1. The third-order valence-electron chi connectivity index (χ3n) is 2.65. The van der Waals surface area contributed by atoms with Crippen LogP contribution in [-0.2, 0) is 0 Å². The van der Waals surface area contributed by atoms with Gasteiger partial charge in [0.15, 0.2) is 11.6 Å². The fraction of sp³-hybridized carbons (Fsp3) is 0.273. The van der Waals surface area contributed by atoms with Gasteiger partial charge in [-0.2, -0.15) is 0 Å². The monoisotopic (exact) mass is 240 g/mol. The summed E-state index contributed by atoms with van der Waals surface area (Å²) in [6, 6.07) is 1.77. The van der Waals surface area contributed by atoms with Gasteiger partial charge in [-0.15, -0.1) is 0 Å². The topological polar surface area (TPSA) is 55.2 Å². The lowest BCUT2D eigenvalue weighted by atomic mass is 9.98. The molecule has 17 heavy (non-hydrogen) atoms. The fourth-order valence-electron chi connectivity index (χ4n) is 1.85. The van der Waals surface area contributed by atoms with E-state index in [9.17, 15) is 18.9 Å². The summed E-state index contributed by atoms with van der Waals surface area (Å²) >= 11 is 0. The van der Waals surface area contributed by atoms with Crippen LogP contribution in [0.3, 0.4) is 0 Å². The van der Waals surface area contributed by atoms with Crippen molar-refractivity contribution in [2.75, 3.05) is 13.1 Å². The molecule has 4 nitrogen and oxygen atoms in total. The van der Waals surface area contributed by atoms with Gasteiger partial charge >= 0.3 is 0 Å². The number of rotatable bonds is 2. The zero-order valence-electron chi connectivity index (χ0n) is 8.87. The molecule has 0 aromatic heterocycles. The van der Waals surface area contributed by atoms with E-state index in [0.29, 0.717) is 25.1 Å². The minimum atomic E-state index is -1.15. The van der Waals surface area contributed by atoms with E-state index in [1.165, 1.54) is 0 Å². The maximum absolute atomic E-state index is 13.7. The Kier molecular flexibility index (Phi) is 3.14. The standard InChI is InChI=1S/C11H10F2N2O2/c12-8-1-2-9(15(16)17)10(11(8)13)7-3-5-14-6-4-7/h1-3,14H,4-6H2. The maximum Gasteiger partial charge on any atom is 0.280 e. The van der Waals surface area contributed by atoms with Gasteiger partial charge < -0.3 is 5.32 Å². The summed E-state index contributed by atoms with van der Waals surface area (Å²) < 4.78 is 26.8. The molecule has 0 saturated heterocycles. The minimum Gasteiger partial charge on any atom is -0.313 e. The average Bonchev–Trinajstić information content (AvgIpc) is 2.33. The highest BCUT2D eigenvalue weighted by molar-refractivity contribution is 5.74. The van der Waals surface area contributed by atoms with Crippen molar-refractivity contribution in [2.24, 2.45) is 0 Å². The quantitative estimate of drug-likeness (QED) is 0.637. The molecular formula is C11H10F2N2O2. The second-order valence-electron chi connectivity index (χ2n) is 3.70. The molecule has 1 heterocycles. The predicted molar refractivity (Wildman–Crippen MR) is 58.5 cm³/mol. The van der Waals surface area contributed by atoms with Crippen molar-refractivity contribution in [1.82, 2.24) is 5.32 Å². The summed E-state index contributed by atoms with van der Waals surface area (Å²) in [7, 11) is 0. The van der Waals surface area contributed by atoms with E-state index in [2.05, 4.69) is 5.32 Å². The molecule has 1 aliphatic rings. The van der Waals surface area contributed by atoms with Gasteiger partial charge in [-0.05, 0) is 24.6 Å². The molecule has 0 saturated carbocycles. The smallest absolute Gasteiger partial charge is 0.280 e. The Labute approximate surface area is 96.1 Å². The SMILES string of the molecule is O=[N+]([O-])c1ccc(F)c(F)c1C1=CCNCC1. The van der Waals surface area contributed by atoms with Crippen molar-refractivity contribution >= 4 is 11.3 Å². The molecule has 0 radical (unpaired) electrons. The van der Waals surface area contributed by atoms with E-state index in [-0.39, 0.29) is 5.56 Å². The molecule has 0 spiro atoms. The van der Waals surface area contributed by atoms with E-state index in [0.717, 1.165) is 12.1 Å². The lowest BCUT2D eigenvalue weighted by Gasteiger charge is -2.15. The summed E-state index contributed by atoms with van der Waals surface area (Å²) in [6.07, 6.45) is 2.09. The number of hydrogen-bond donors (Lipinski definition) is 1. The normalized spacial score (nSPS) is 15.5. The van der Waals surface area contributed by atoms with Crippen molar-refractivity contribution in [3.63, 3.8) is 0 Å². The second kappa shape index (κ2) is 4.58. The number of halogens is 2. The van der Waals surface area contributed by atoms with Crippen LogP contribution in [0.15, 0.2) is 18.2 Å². The third-order valence-corrected chi connectivity index (χ3v) is 2.65. The van der Waals surface area contributed by atoms with Crippen LogP contribution < -0.4 is 5.32 Å². The Bertz CT molecular complexity index is 500. The van der Waals surface area contributed by atoms with Crippen LogP contribution in [0.25, 0.3) is 5.57 Å². The van der Waals surface area contributed by atoms with Crippen molar-refractivity contribution in [2.45, 2.75) is 6.42 Å². The van der Waals surface area contributed by atoms with Gasteiger partial charge in [0.1, 0.15) is 0 Å². The largest absolute Gasteiger partial charge is 0.313 e. The predicted octanol–water partition coefficient (Wildman–Crippen LogP) is 2.25. The summed E-state index contributed by atoms with van der Waals surface area (Å²) in [5.74, 6) is -2.21. The molecule has 1 aromatic rings. The van der Waals surface area contributed by atoms with Gasteiger partial charge in [0.2, 0.25) is 0 Å². The molecule has 1 N–H and O–H groups in total. The Balaban J connectivity index is 2.60. The van der Waals surface area contributed by atoms with Crippen LogP contribution >= 0.6 is 0 Å². The van der Waals surface area contributed by atoms with Gasteiger partial charge in [-0.1, -0.05) is 6.08 Å². The number of benzene rings is 1. The van der Waals surface area contributed by atoms with E-state index < -0.39 is 22.2 Å². The molecule has 0 unspecified atom stereocenters. The molecule has 0 bridgehead atoms.